The first-order chi connectivity index (χ1) is 5.24. The standard InChI is InChI=1S/C6H10N4S/c1-5-3-8-6(9-4-5)10(7)11-2/h3-4H,7H2,1-2H3. The van der Waals surface area contributed by atoms with Crippen LogP contribution in [0.25, 0.3) is 0 Å². The first-order valence-corrected chi connectivity index (χ1v) is 4.30. The van der Waals surface area contributed by atoms with Gasteiger partial charge in [0.25, 0.3) is 0 Å². The maximum atomic E-state index is 5.52. The lowest BCUT2D eigenvalue weighted by Crippen LogP contribution is -2.23. The van der Waals surface area contributed by atoms with E-state index in [0.29, 0.717) is 5.95 Å². The van der Waals surface area contributed by atoms with Gasteiger partial charge in [0.1, 0.15) is 0 Å². The number of hydrazine groups is 1. The summed E-state index contributed by atoms with van der Waals surface area (Å²) in [6, 6.07) is 0. The van der Waals surface area contributed by atoms with Crippen LogP contribution in [0, 0.1) is 6.92 Å². The molecule has 1 aromatic rings. The molecule has 0 unspecified atom stereocenters. The van der Waals surface area contributed by atoms with Crippen LogP contribution in [-0.4, -0.2) is 16.2 Å². The van der Waals surface area contributed by atoms with Gasteiger partial charge in [-0.3, -0.25) is 0 Å². The Morgan fingerprint density at radius 2 is 2.00 bits per heavy atom. The van der Waals surface area contributed by atoms with Gasteiger partial charge in [-0.25, -0.2) is 20.2 Å². The van der Waals surface area contributed by atoms with Gasteiger partial charge >= 0.3 is 0 Å². The zero-order valence-electron chi connectivity index (χ0n) is 6.48. The van der Waals surface area contributed by atoms with Crippen molar-refractivity contribution in [2.75, 3.05) is 10.7 Å². The number of hydrogen-bond donors (Lipinski definition) is 1. The van der Waals surface area contributed by atoms with Crippen LogP contribution >= 0.6 is 11.9 Å². The molecule has 11 heavy (non-hydrogen) atoms. The van der Waals surface area contributed by atoms with Crippen molar-refractivity contribution in [3.8, 4) is 0 Å². The highest BCUT2D eigenvalue weighted by atomic mass is 32.2. The minimum Gasteiger partial charge on any atom is -0.234 e. The molecule has 0 aliphatic carbocycles. The number of anilines is 1. The number of nitrogens with two attached hydrogens (primary N) is 1. The molecular weight excluding hydrogens is 160 g/mol. The second-order valence-corrected chi connectivity index (χ2v) is 2.83. The summed E-state index contributed by atoms with van der Waals surface area (Å²) in [5.41, 5.74) is 1.03. The average Bonchev–Trinajstić information content (AvgIpc) is 2.05. The lowest BCUT2D eigenvalue weighted by molar-refractivity contribution is 1.03. The summed E-state index contributed by atoms with van der Waals surface area (Å²) in [5.74, 6) is 6.05. The summed E-state index contributed by atoms with van der Waals surface area (Å²) in [5, 5.41) is 0. The van der Waals surface area contributed by atoms with Gasteiger partial charge in [0.05, 0.1) is 0 Å². The molecule has 0 saturated heterocycles. The number of hydrogen-bond acceptors (Lipinski definition) is 5. The highest BCUT2D eigenvalue weighted by Gasteiger charge is 2.00. The third-order valence-electron chi connectivity index (χ3n) is 1.16. The summed E-state index contributed by atoms with van der Waals surface area (Å²) in [6.07, 6.45) is 5.33. The smallest absolute Gasteiger partial charge is 0.234 e. The van der Waals surface area contributed by atoms with Gasteiger partial charge < -0.3 is 0 Å². The Morgan fingerprint density at radius 3 is 2.45 bits per heavy atom. The fraction of sp³-hybridized carbons (Fsp3) is 0.333. The molecule has 0 radical (unpaired) electrons. The number of nitrogens with zero attached hydrogens (tertiary/aromatic N) is 3. The van der Waals surface area contributed by atoms with Crippen molar-refractivity contribution in [3.05, 3.63) is 18.0 Å². The van der Waals surface area contributed by atoms with Crippen LogP contribution < -0.4 is 10.3 Å². The Balaban J connectivity index is 2.81. The molecular formula is C6H10N4S. The minimum absolute atomic E-state index is 0.531. The van der Waals surface area contributed by atoms with Gasteiger partial charge in [-0.2, -0.15) is 0 Å². The van der Waals surface area contributed by atoms with E-state index in [1.165, 1.54) is 16.4 Å². The zero-order valence-corrected chi connectivity index (χ0v) is 7.30. The normalized spacial score (nSPS) is 9.73. The van der Waals surface area contributed by atoms with E-state index in [9.17, 15) is 0 Å². The van der Waals surface area contributed by atoms with Crippen LogP contribution in [0.5, 0.6) is 0 Å². The van der Waals surface area contributed by atoms with E-state index >= 15 is 0 Å². The van der Waals surface area contributed by atoms with E-state index < -0.39 is 0 Å². The van der Waals surface area contributed by atoms with E-state index in [1.54, 1.807) is 12.4 Å². The summed E-state index contributed by atoms with van der Waals surface area (Å²) in [6.45, 7) is 1.93. The summed E-state index contributed by atoms with van der Waals surface area (Å²) in [7, 11) is 0. The first-order valence-electron chi connectivity index (χ1n) is 3.11. The minimum atomic E-state index is 0.531. The predicted molar refractivity (Wildman–Crippen MR) is 47.0 cm³/mol. The molecule has 0 bridgehead atoms. The fourth-order valence-electron chi connectivity index (χ4n) is 0.581. The lowest BCUT2D eigenvalue weighted by atomic mass is 10.4. The molecule has 2 N–H and O–H groups in total. The van der Waals surface area contributed by atoms with Gasteiger partial charge in [0, 0.05) is 18.6 Å². The predicted octanol–water partition coefficient (Wildman–Crippen LogP) is 0.743. The Morgan fingerprint density at radius 1 is 1.45 bits per heavy atom. The molecule has 0 saturated carbocycles. The molecule has 0 fully saturated rings. The van der Waals surface area contributed by atoms with Crippen LogP contribution in [-0.2, 0) is 0 Å². The summed E-state index contributed by atoms with van der Waals surface area (Å²) in [4.78, 5) is 8.04. The van der Waals surface area contributed by atoms with Crippen molar-refractivity contribution in [2.45, 2.75) is 6.92 Å². The number of aromatic nitrogens is 2. The monoisotopic (exact) mass is 170 g/mol. The van der Waals surface area contributed by atoms with Gasteiger partial charge in [-0.15, -0.1) is 0 Å². The molecule has 60 valence electrons. The van der Waals surface area contributed by atoms with Crippen LogP contribution in [0.3, 0.4) is 0 Å². The fourth-order valence-corrected chi connectivity index (χ4v) is 0.839. The second kappa shape index (κ2) is 3.54. The van der Waals surface area contributed by atoms with Gasteiger partial charge in [-0.1, -0.05) is 0 Å². The molecule has 0 amide bonds. The number of aryl methyl sites for hydroxylation is 1. The van der Waals surface area contributed by atoms with Crippen molar-refractivity contribution in [2.24, 2.45) is 5.84 Å². The van der Waals surface area contributed by atoms with Gasteiger partial charge in [-0.05, 0) is 24.4 Å². The molecule has 1 rings (SSSR count). The Bertz CT molecular complexity index is 223. The van der Waals surface area contributed by atoms with Crippen LogP contribution in [0.2, 0.25) is 0 Å². The van der Waals surface area contributed by atoms with Crippen molar-refractivity contribution < 1.29 is 0 Å². The highest BCUT2D eigenvalue weighted by Crippen LogP contribution is 2.08. The molecule has 1 heterocycles. The third kappa shape index (κ3) is 2.06. The van der Waals surface area contributed by atoms with Crippen LogP contribution in [0.4, 0.5) is 5.95 Å². The zero-order chi connectivity index (χ0) is 8.27. The molecule has 4 nitrogen and oxygen atoms in total. The van der Waals surface area contributed by atoms with E-state index in [-0.39, 0.29) is 0 Å². The van der Waals surface area contributed by atoms with Crippen molar-refractivity contribution in [1.29, 1.82) is 0 Å². The lowest BCUT2D eigenvalue weighted by Gasteiger charge is -2.10. The topological polar surface area (TPSA) is 55.0 Å². The maximum Gasteiger partial charge on any atom is 0.250 e. The maximum absolute atomic E-state index is 5.52. The third-order valence-corrected chi connectivity index (χ3v) is 1.72. The van der Waals surface area contributed by atoms with E-state index in [4.69, 9.17) is 5.84 Å². The van der Waals surface area contributed by atoms with Crippen molar-refractivity contribution in [1.82, 2.24) is 9.97 Å². The van der Waals surface area contributed by atoms with Crippen molar-refractivity contribution >= 4 is 17.9 Å². The molecule has 0 aromatic carbocycles. The van der Waals surface area contributed by atoms with Gasteiger partial charge in [0.15, 0.2) is 0 Å². The molecule has 5 heteroatoms. The first kappa shape index (κ1) is 8.29. The summed E-state index contributed by atoms with van der Waals surface area (Å²) >= 11 is 1.37. The molecule has 0 aliphatic heterocycles. The van der Waals surface area contributed by atoms with Gasteiger partial charge in [0.2, 0.25) is 5.95 Å². The number of rotatable bonds is 2. The summed E-state index contributed by atoms with van der Waals surface area (Å²) < 4.78 is 1.42. The average molecular weight is 170 g/mol. The Hall–Kier alpha value is -0.810. The van der Waals surface area contributed by atoms with Crippen LogP contribution in [0.15, 0.2) is 12.4 Å². The SMILES string of the molecule is CSN(N)c1ncc(C)cn1. The molecule has 0 atom stereocenters. The molecule has 0 spiro atoms. The second-order valence-electron chi connectivity index (χ2n) is 2.07. The van der Waals surface area contributed by atoms with Crippen molar-refractivity contribution in [3.63, 3.8) is 0 Å². The largest absolute Gasteiger partial charge is 0.250 e. The van der Waals surface area contributed by atoms with Crippen LogP contribution in [0.1, 0.15) is 5.56 Å². The quantitative estimate of drug-likeness (QED) is 0.403. The molecule has 1 aromatic heterocycles. The van der Waals surface area contributed by atoms with E-state index in [1.807, 2.05) is 13.2 Å². The highest BCUT2D eigenvalue weighted by molar-refractivity contribution is 7.99. The Labute approximate surface area is 69.9 Å². The van der Waals surface area contributed by atoms with E-state index in [0.717, 1.165) is 5.56 Å². The Kier molecular flexibility index (Phi) is 2.67. The van der Waals surface area contributed by atoms with E-state index in [2.05, 4.69) is 9.97 Å². The molecule has 0 aliphatic rings.